The zero-order chi connectivity index (χ0) is 20.8. The molecule has 0 aliphatic carbocycles. The van der Waals surface area contributed by atoms with Crippen LogP contribution in [-0.4, -0.2) is 17.7 Å². The number of hydroxylamine groups is 1. The molecule has 0 atom stereocenters. The van der Waals surface area contributed by atoms with Crippen LogP contribution in [0, 0.1) is 0 Å². The Balaban J connectivity index is 1.61. The van der Waals surface area contributed by atoms with E-state index in [2.05, 4.69) is 0 Å². The van der Waals surface area contributed by atoms with E-state index in [0.717, 1.165) is 11.1 Å². The van der Waals surface area contributed by atoms with Crippen molar-refractivity contribution >= 4 is 58.5 Å². The number of halogens is 3. The van der Waals surface area contributed by atoms with E-state index in [9.17, 15) is 10.0 Å². The van der Waals surface area contributed by atoms with E-state index in [1.165, 1.54) is 12.1 Å². The summed E-state index contributed by atoms with van der Waals surface area (Å²) in [5, 5.41) is 11.4. The summed E-state index contributed by atoms with van der Waals surface area (Å²) in [7, 11) is 0. The fourth-order valence-electron chi connectivity index (χ4n) is 2.44. The van der Waals surface area contributed by atoms with E-state index in [4.69, 9.17) is 39.5 Å². The predicted molar refractivity (Wildman–Crippen MR) is 118 cm³/mol. The lowest BCUT2D eigenvalue weighted by molar-refractivity contribution is -0.125. The minimum absolute atomic E-state index is 0.198. The van der Waals surface area contributed by atoms with E-state index < -0.39 is 12.5 Å². The Morgan fingerprint density at radius 3 is 2.10 bits per heavy atom. The van der Waals surface area contributed by atoms with E-state index >= 15 is 0 Å². The minimum atomic E-state index is -0.667. The smallest absolute Gasteiger partial charge is 0.288 e. The molecule has 148 valence electrons. The van der Waals surface area contributed by atoms with Crippen molar-refractivity contribution in [2.75, 3.05) is 11.7 Å². The maximum absolute atomic E-state index is 12.2. The highest BCUT2D eigenvalue weighted by atomic mass is 35.5. The van der Waals surface area contributed by atoms with Gasteiger partial charge in [0.05, 0.1) is 20.8 Å². The van der Waals surface area contributed by atoms with Crippen LogP contribution in [0.5, 0.6) is 5.75 Å². The molecule has 0 heterocycles. The fraction of sp³-hybridized carbons (Fsp3) is 0.0455. The molecule has 29 heavy (non-hydrogen) atoms. The molecule has 1 amide bonds. The lowest BCUT2D eigenvalue weighted by atomic mass is 10.1. The third-order valence-electron chi connectivity index (χ3n) is 3.97. The summed E-state index contributed by atoms with van der Waals surface area (Å²) in [4.78, 5) is 12.2. The number of ether oxygens (including phenoxy) is 1. The van der Waals surface area contributed by atoms with Crippen molar-refractivity contribution in [3.8, 4) is 5.75 Å². The molecule has 3 aromatic carbocycles. The van der Waals surface area contributed by atoms with Crippen molar-refractivity contribution in [2.24, 2.45) is 0 Å². The molecule has 0 spiro atoms. The molecular formula is C22H16Cl3NO3. The molecule has 4 nitrogen and oxygen atoms in total. The first-order chi connectivity index (χ1) is 13.9. The van der Waals surface area contributed by atoms with Gasteiger partial charge in [-0.05, 0) is 29.3 Å². The highest BCUT2D eigenvalue weighted by Gasteiger charge is 2.15. The SMILES string of the molecule is O=C(COc1cc(Cl)c(Cl)cc1Cl)N(O)c1ccc(C=Cc2ccccc2)cc1. The Bertz CT molecular complexity index is 1020. The van der Waals surface area contributed by atoms with Crippen LogP contribution >= 0.6 is 34.8 Å². The lowest BCUT2D eigenvalue weighted by Crippen LogP contribution is -2.31. The van der Waals surface area contributed by atoms with Crippen molar-refractivity contribution in [2.45, 2.75) is 0 Å². The van der Waals surface area contributed by atoms with E-state index in [-0.39, 0.29) is 20.8 Å². The first kappa shape index (κ1) is 21.2. The van der Waals surface area contributed by atoms with Gasteiger partial charge in [-0.2, -0.15) is 5.06 Å². The number of amides is 1. The van der Waals surface area contributed by atoms with Gasteiger partial charge in [-0.15, -0.1) is 0 Å². The van der Waals surface area contributed by atoms with Gasteiger partial charge in [0.15, 0.2) is 6.61 Å². The molecule has 0 aromatic heterocycles. The molecule has 7 heteroatoms. The Morgan fingerprint density at radius 2 is 1.45 bits per heavy atom. The number of benzene rings is 3. The summed E-state index contributed by atoms with van der Waals surface area (Å²) >= 11 is 17.8. The molecule has 0 fully saturated rings. The topological polar surface area (TPSA) is 49.8 Å². The number of hydrogen-bond donors (Lipinski definition) is 1. The highest BCUT2D eigenvalue weighted by Crippen LogP contribution is 2.33. The number of carbonyl (C=O) groups excluding carboxylic acids is 1. The number of anilines is 1. The second-order valence-corrected chi connectivity index (χ2v) is 7.25. The maximum Gasteiger partial charge on any atom is 0.288 e. The van der Waals surface area contributed by atoms with Gasteiger partial charge in [0.25, 0.3) is 5.91 Å². The molecule has 0 bridgehead atoms. The second-order valence-electron chi connectivity index (χ2n) is 6.03. The van der Waals surface area contributed by atoms with Gasteiger partial charge < -0.3 is 4.74 Å². The van der Waals surface area contributed by atoms with E-state index in [1.807, 2.05) is 42.5 Å². The van der Waals surface area contributed by atoms with Crippen LogP contribution in [0.15, 0.2) is 66.7 Å². The average molecular weight is 449 g/mol. The summed E-state index contributed by atoms with van der Waals surface area (Å²) in [6.45, 7) is -0.427. The number of carbonyl (C=O) groups is 1. The minimum Gasteiger partial charge on any atom is -0.482 e. The standard InChI is InChI=1S/C22H16Cl3NO3/c23-18-12-20(25)21(13-19(18)24)29-14-22(27)26(28)17-10-8-16(9-11-17)7-6-15-4-2-1-3-5-15/h1-13,28H,14H2. The Hall–Kier alpha value is -2.50. The molecule has 0 saturated carbocycles. The summed E-state index contributed by atoms with van der Waals surface area (Å²) < 4.78 is 5.35. The fourth-order valence-corrected chi connectivity index (χ4v) is 3.03. The monoisotopic (exact) mass is 447 g/mol. The molecule has 1 N–H and O–H groups in total. The zero-order valence-electron chi connectivity index (χ0n) is 15.1. The van der Waals surface area contributed by atoms with Crippen molar-refractivity contribution in [1.29, 1.82) is 0 Å². The average Bonchev–Trinajstić information content (AvgIpc) is 2.74. The summed E-state index contributed by atoms with van der Waals surface area (Å²) in [5.41, 5.74) is 2.32. The van der Waals surface area contributed by atoms with Crippen LogP contribution in [0.2, 0.25) is 15.1 Å². The largest absolute Gasteiger partial charge is 0.482 e. The molecule has 0 saturated heterocycles. The molecular weight excluding hydrogens is 433 g/mol. The molecule has 0 unspecified atom stereocenters. The van der Waals surface area contributed by atoms with Gasteiger partial charge in [-0.1, -0.05) is 89.4 Å². The van der Waals surface area contributed by atoms with Gasteiger partial charge >= 0.3 is 0 Å². The maximum atomic E-state index is 12.2. The lowest BCUT2D eigenvalue weighted by Gasteiger charge is -2.16. The van der Waals surface area contributed by atoms with Crippen molar-refractivity contribution in [1.82, 2.24) is 0 Å². The zero-order valence-corrected chi connectivity index (χ0v) is 17.3. The summed E-state index contributed by atoms with van der Waals surface area (Å²) in [5.74, 6) is -0.469. The Kier molecular flexibility index (Phi) is 7.18. The normalized spacial score (nSPS) is 10.9. The quantitative estimate of drug-likeness (QED) is 0.199. The summed E-state index contributed by atoms with van der Waals surface area (Å²) in [6, 6.07) is 19.6. The van der Waals surface area contributed by atoms with Gasteiger partial charge in [-0.3, -0.25) is 10.0 Å². The molecule has 3 aromatic rings. The van der Waals surface area contributed by atoms with Gasteiger partial charge in [0.1, 0.15) is 5.75 Å². The van der Waals surface area contributed by atoms with E-state index in [0.29, 0.717) is 10.8 Å². The van der Waals surface area contributed by atoms with Gasteiger partial charge in [0.2, 0.25) is 0 Å². The molecule has 0 aliphatic heterocycles. The Morgan fingerprint density at radius 1 is 0.862 bits per heavy atom. The predicted octanol–water partition coefficient (Wildman–Crippen LogP) is 6.62. The number of rotatable bonds is 6. The van der Waals surface area contributed by atoms with Gasteiger partial charge in [0, 0.05) is 6.07 Å². The first-order valence-corrected chi connectivity index (χ1v) is 9.70. The highest BCUT2D eigenvalue weighted by molar-refractivity contribution is 6.43. The van der Waals surface area contributed by atoms with Crippen LogP contribution in [0.1, 0.15) is 11.1 Å². The molecule has 3 rings (SSSR count). The third-order valence-corrected chi connectivity index (χ3v) is 4.99. The third kappa shape index (κ3) is 5.75. The van der Waals surface area contributed by atoms with Crippen molar-refractivity contribution in [3.63, 3.8) is 0 Å². The molecule has 0 radical (unpaired) electrons. The van der Waals surface area contributed by atoms with E-state index in [1.54, 1.807) is 24.3 Å². The van der Waals surface area contributed by atoms with Gasteiger partial charge in [-0.25, -0.2) is 0 Å². The second kappa shape index (κ2) is 9.81. The van der Waals surface area contributed by atoms with Crippen LogP contribution in [0.4, 0.5) is 5.69 Å². The summed E-state index contributed by atoms with van der Waals surface area (Å²) in [6.07, 6.45) is 3.92. The Labute approximate surface area is 183 Å². The number of nitrogens with zero attached hydrogens (tertiary/aromatic N) is 1. The van der Waals surface area contributed by atoms with Crippen molar-refractivity contribution in [3.05, 3.63) is 92.9 Å². The van der Waals surface area contributed by atoms with Crippen molar-refractivity contribution < 1.29 is 14.7 Å². The van der Waals surface area contributed by atoms with Crippen LogP contribution in [-0.2, 0) is 4.79 Å². The van der Waals surface area contributed by atoms with Crippen LogP contribution in [0.25, 0.3) is 12.2 Å². The molecule has 0 aliphatic rings. The first-order valence-electron chi connectivity index (χ1n) is 8.56. The van der Waals surface area contributed by atoms with Crippen LogP contribution < -0.4 is 9.80 Å². The number of hydrogen-bond acceptors (Lipinski definition) is 3. The van der Waals surface area contributed by atoms with Crippen LogP contribution in [0.3, 0.4) is 0 Å².